The molecule has 0 spiro atoms. The number of rotatable bonds is 5. The third kappa shape index (κ3) is 4.23. The summed E-state index contributed by atoms with van der Waals surface area (Å²) in [4.78, 5) is 12.3. The Bertz CT molecular complexity index is 628. The van der Waals surface area contributed by atoms with Crippen molar-refractivity contribution in [2.24, 2.45) is 0 Å². The van der Waals surface area contributed by atoms with E-state index >= 15 is 0 Å². The van der Waals surface area contributed by atoms with Crippen molar-refractivity contribution < 1.29 is 9.53 Å². The maximum atomic E-state index is 12.3. The van der Waals surface area contributed by atoms with Crippen molar-refractivity contribution in [3.63, 3.8) is 0 Å². The number of anilines is 1. The molecule has 0 aliphatic rings. The number of para-hydroxylation sites is 1. The van der Waals surface area contributed by atoms with Crippen LogP contribution in [0.1, 0.15) is 18.9 Å². The summed E-state index contributed by atoms with van der Waals surface area (Å²) < 4.78 is 5.81. The monoisotopic (exact) mass is 303 g/mol. The highest BCUT2D eigenvalue weighted by atomic mass is 35.5. The van der Waals surface area contributed by atoms with Crippen LogP contribution in [-0.2, 0) is 4.79 Å². The first-order chi connectivity index (χ1) is 10.1. The van der Waals surface area contributed by atoms with Gasteiger partial charge in [-0.15, -0.1) is 0 Å². The molecule has 1 atom stereocenters. The molecule has 0 unspecified atom stereocenters. The number of amides is 1. The zero-order valence-corrected chi connectivity index (χ0v) is 12.9. The largest absolute Gasteiger partial charge is 0.480 e. The minimum absolute atomic E-state index is 0.178. The van der Waals surface area contributed by atoms with E-state index in [0.717, 1.165) is 11.3 Å². The standard InChI is InChI=1S/C17H18ClNO2/c1-3-15(21-16-10-5-4-7-12(16)2)17(20)19-14-9-6-8-13(18)11-14/h4-11,15H,3H2,1-2H3,(H,19,20)/t15-/m1/s1. The number of hydrogen-bond acceptors (Lipinski definition) is 2. The van der Waals surface area contributed by atoms with Gasteiger partial charge in [-0.2, -0.15) is 0 Å². The van der Waals surface area contributed by atoms with Gasteiger partial charge >= 0.3 is 0 Å². The van der Waals surface area contributed by atoms with Crippen LogP contribution in [0.5, 0.6) is 5.75 Å². The van der Waals surface area contributed by atoms with Gasteiger partial charge in [0.25, 0.3) is 5.91 Å². The summed E-state index contributed by atoms with van der Waals surface area (Å²) in [7, 11) is 0. The van der Waals surface area contributed by atoms with Gasteiger partial charge in [0.05, 0.1) is 0 Å². The second kappa shape index (κ2) is 7.14. The van der Waals surface area contributed by atoms with E-state index in [4.69, 9.17) is 16.3 Å². The highest BCUT2D eigenvalue weighted by molar-refractivity contribution is 6.30. The molecule has 2 rings (SSSR count). The van der Waals surface area contributed by atoms with Crippen molar-refractivity contribution in [1.29, 1.82) is 0 Å². The first kappa shape index (κ1) is 15.4. The average Bonchev–Trinajstić information content (AvgIpc) is 2.46. The van der Waals surface area contributed by atoms with Crippen LogP contribution in [0, 0.1) is 6.92 Å². The minimum atomic E-state index is -0.537. The molecule has 0 heterocycles. The molecule has 0 saturated heterocycles. The summed E-state index contributed by atoms with van der Waals surface area (Å²) in [5.41, 5.74) is 1.67. The molecule has 0 bridgehead atoms. The van der Waals surface area contributed by atoms with Crippen LogP contribution < -0.4 is 10.1 Å². The Morgan fingerprint density at radius 2 is 2.00 bits per heavy atom. The summed E-state index contributed by atoms with van der Waals surface area (Å²) in [5, 5.41) is 3.41. The van der Waals surface area contributed by atoms with E-state index in [9.17, 15) is 4.79 Å². The Hall–Kier alpha value is -2.00. The highest BCUT2D eigenvalue weighted by Gasteiger charge is 2.19. The molecule has 0 aliphatic carbocycles. The number of carbonyl (C=O) groups excluding carboxylic acids is 1. The zero-order chi connectivity index (χ0) is 15.2. The van der Waals surface area contributed by atoms with Crippen LogP contribution in [0.2, 0.25) is 5.02 Å². The Labute approximate surface area is 129 Å². The van der Waals surface area contributed by atoms with Crippen molar-refractivity contribution >= 4 is 23.2 Å². The number of aryl methyl sites for hydroxylation is 1. The Kier molecular flexibility index (Phi) is 5.23. The molecule has 0 fully saturated rings. The smallest absolute Gasteiger partial charge is 0.265 e. The lowest BCUT2D eigenvalue weighted by atomic mass is 10.2. The van der Waals surface area contributed by atoms with E-state index in [1.807, 2.05) is 38.1 Å². The molecule has 1 N–H and O–H groups in total. The van der Waals surface area contributed by atoms with E-state index in [1.165, 1.54) is 0 Å². The van der Waals surface area contributed by atoms with E-state index < -0.39 is 6.10 Å². The molecule has 0 radical (unpaired) electrons. The number of ether oxygens (including phenoxy) is 1. The number of halogens is 1. The summed E-state index contributed by atoms with van der Waals surface area (Å²) in [6.07, 6.45) is 0.0471. The number of hydrogen-bond donors (Lipinski definition) is 1. The van der Waals surface area contributed by atoms with Crippen LogP contribution >= 0.6 is 11.6 Å². The van der Waals surface area contributed by atoms with Gasteiger partial charge in [0.1, 0.15) is 5.75 Å². The van der Waals surface area contributed by atoms with E-state index in [-0.39, 0.29) is 5.91 Å². The molecular weight excluding hydrogens is 286 g/mol. The molecule has 0 saturated carbocycles. The molecular formula is C17H18ClNO2. The Morgan fingerprint density at radius 1 is 1.24 bits per heavy atom. The highest BCUT2D eigenvalue weighted by Crippen LogP contribution is 2.20. The lowest BCUT2D eigenvalue weighted by Crippen LogP contribution is -2.32. The van der Waals surface area contributed by atoms with Crippen molar-refractivity contribution in [1.82, 2.24) is 0 Å². The number of benzene rings is 2. The minimum Gasteiger partial charge on any atom is -0.480 e. The second-order valence-corrected chi connectivity index (χ2v) is 5.22. The van der Waals surface area contributed by atoms with Gasteiger partial charge in [0, 0.05) is 10.7 Å². The fourth-order valence-electron chi connectivity index (χ4n) is 1.95. The quantitative estimate of drug-likeness (QED) is 0.886. The van der Waals surface area contributed by atoms with Crippen LogP contribution in [0.3, 0.4) is 0 Å². The number of nitrogens with one attached hydrogen (secondary N) is 1. The molecule has 110 valence electrons. The van der Waals surface area contributed by atoms with Gasteiger partial charge < -0.3 is 10.1 Å². The van der Waals surface area contributed by atoms with Gasteiger partial charge in [-0.3, -0.25) is 4.79 Å². The van der Waals surface area contributed by atoms with Gasteiger partial charge in [0.15, 0.2) is 6.10 Å². The predicted molar refractivity (Wildman–Crippen MR) is 86.0 cm³/mol. The second-order valence-electron chi connectivity index (χ2n) is 4.78. The van der Waals surface area contributed by atoms with Gasteiger partial charge in [-0.05, 0) is 43.2 Å². The lowest BCUT2D eigenvalue weighted by Gasteiger charge is -2.18. The summed E-state index contributed by atoms with van der Waals surface area (Å²) in [6.45, 7) is 3.87. The van der Waals surface area contributed by atoms with Crippen LogP contribution in [0.4, 0.5) is 5.69 Å². The number of carbonyl (C=O) groups is 1. The van der Waals surface area contributed by atoms with Crippen LogP contribution in [0.15, 0.2) is 48.5 Å². The molecule has 2 aromatic carbocycles. The maximum absolute atomic E-state index is 12.3. The zero-order valence-electron chi connectivity index (χ0n) is 12.1. The molecule has 0 aromatic heterocycles. The van der Waals surface area contributed by atoms with Crippen LogP contribution in [0.25, 0.3) is 0 Å². The Balaban J connectivity index is 2.07. The SMILES string of the molecule is CC[C@@H](Oc1ccccc1C)C(=O)Nc1cccc(Cl)c1. The third-order valence-electron chi connectivity index (χ3n) is 3.12. The van der Waals surface area contributed by atoms with Crippen molar-refractivity contribution in [2.45, 2.75) is 26.4 Å². The maximum Gasteiger partial charge on any atom is 0.265 e. The van der Waals surface area contributed by atoms with Gasteiger partial charge in [-0.1, -0.05) is 42.8 Å². The first-order valence-corrected chi connectivity index (χ1v) is 7.26. The van der Waals surface area contributed by atoms with Gasteiger partial charge in [0.2, 0.25) is 0 Å². The van der Waals surface area contributed by atoms with Crippen molar-refractivity contribution in [2.75, 3.05) is 5.32 Å². The van der Waals surface area contributed by atoms with Gasteiger partial charge in [-0.25, -0.2) is 0 Å². The molecule has 2 aromatic rings. The average molecular weight is 304 g/mol. The normalized spacial score (nSPS) is 11.8. The lowest BCUT2D eigenvalue weighted by molar-refractivity contribution is -0.122. The van der Waals surface area contributed by atoms with E-state index in [2.05, 4.69) is 5.32 Å². The topological polar surface area (TPSA) is 38.3 Å². The summed E-state index contributed by atoms with van der Waals surface area (Å²) >= 11 is 5.91. The molecule has 0 aliphatic heterocycles. The summed E-state index contributed by atoms with van der Waals surface area (Å²) in [6, 6.07) is 14.7. The molecule has 1 amide bonds. The van der Waals surface area contributed by atoms with Crippen molar-refractivity contribution in [3.05, 3.63) is 59.1 Å². The molecule has 3 nitrogen and oxygen atoms in total. The molecule has 4 heteroatoms. The fourth-order valence-corrected chi connectivity index (χ4v) is 2.14. The van der Waals surface area contributed by atoms with Crippen LogP contribution in [-0.4, -0.2) is 12.0 Å². The Morgan fingerprint density at radius 3 is 2.67 bits per heavy atom. The fraction of sp³-hybridized carbons (Fsp3) is 0.235. The van der Waals surface area contributed by atoms with E-state index in [1.54, 1.807) is 24.3 Å². The first-order valence-electron chi connectivity index (χ1n) is 6.89. The van der Waals surface area contributed by atoms with Crippen molar-refractivity contribution in [3.8, 4) is 5.75 Å². The predicted octanol–water partition coefficient (Wildman–Crippen LogP) is 4.44. The summed E-state index contributed by atoms with van der Waals surface area (Å²) in [5.74, 6) is 0.550. The third-order valence-corrected chi connectivity index (χ3v) is 3.35. The van der Waals surface area contributed by atoms with E-state index in [0.29, 0.717) is 17.1 Å². The molecule has 21 heavy (non-hydrogen) atoms.